The molecule has 0 fully saturated rings. The Morgan fingerprint density at radius 2 is 0.670 bits per heavy atom. The summed E-state index contributed by atoms with van der Waals surface area (Å²) in [6.45, 7) is 5.25. The van der Waals surface area contributed by atoms with Crippen molar-refractivity contribution in [2.24, 2.45) is 0 Å². The largest absolute Gasteiger partial charge is 0.315 e. The molecule has 3 amide bonds. The zero-order valence-electron chi connectivity index (χ0n) is 53.4. The van der Waals surface area contributed by atoms with E-state index in [0.717, 1.165) is 125 Å². The van der Waals surface area contributed by atoms with Gasteiger partial charge in [0, 0.05) is 148 Å². The smallest absolute Gasteiger partial charge is 0.268 e. The number of aromatic nitrogens is 3. The fourth-order valence-corrected chi connectivity index (χ4v) is 17.9. The normalized spacial score (nSPS) is 17.6. The molecule has 0 saturated heterocycles. The maximum absolute atomic E-state index is 14.1. The summed E-state index contributed by atoms with van der Waals surface area (Å²) in [5.74, 6) is -0.280. The van der Waals surface area contributed by atoms with Crippen LogP contribution in [0.1, 0.15) is 71.9 Å². The second-order valence-electron chi connectivity index (χ2n) is 25.2. The molecule has 6 aliphatic rings. The lowest BCUT2D eigenvalue weighted by Gasteiger charge is -2.26. The first kappa shape index (κ1) is 64.0. The average Bonchev–Trinajstić information content (AvgIpc) is 1.57. The van der Waals surface area contributed by atoms with Gasteiger partial charge >= 0.3 is 0 Å². The van der Waals surface area contributed by atoms with Crippen LogP contribution in [0.3, 0.4) is 0 Å². The molecule has 0 bridgehead atoms. The first-order valence-corrected chi connectivity index (χ1v) is 35.9. The van der Waals surface area contributed by atoms with E-state index in [4.69, 9.17) is 0 Å². The molecule has 3 aromatic heterocycles. The number of carbonyl (C=O) groups excluding carboxylic acids is 3. The molecule has 486 valence electrons. The second-order valence-corrected chi connectivity index (χ2v) is 30.6. The fraction of sp³-hybridized carbons (Fsp3) is 0.292. The molecular formula is C72H74FN9O9S3. The lowest BCUT2D eigenvalue weighted by molar-refractivity contribution is -0.119. The van der Waals surface area contributed by atoms with E-state index in [1.165, 1.54) is 47.3 Å². The highest BCUT2D eigenvalue weighted by molar-refractivity contribution is 7.90. The van der Waals surface area contributed by atoms with Crippen molar-refractivity contribution in [3.8, 4) is 0 Å². The maximum atomic E-state index is 14.1. The lowest BCUT2D eigenvalue weighted by Crippen LogP contribution is -2.31. The maximum Gasteiger partial charge on any atom is 0.268 e. The number of fused-ring (bicyclic) bond motifs is 6. The minimum Gasteiger partial charge on any atom is -0.315 e. The van der Waals surface area contributed by atoms with Gasteiger partial charge in [0.2, 0.25) is 17.7 Å². The van der Waals surface area contributed by atoms with E-state index in [0.29, 0.717) is 60.5 Å². The van der Waals surface area contributed by atoms with Crippen molar-refractivity contribution in [1.29, 1.82) is 0 Å². The molecule has 0 spiro atoms. The number of rotatable bonds is 9. The highest BCUT2D eigenvalue weighted by atomic mass is 32.2. The van der Waals surface area contributed by atoms with E-state index in [1.807, 2.05) is 55.6 Å². The summed E-state index contributed by atoms with van der Waals surface area (Å²) in [6.07, 6.45) is 16.9. The van der Waals surface area contributed by atoms with Crippen LogP contribution in [0.25, 0.3) is 49.4 Å². The fourth-order valence-electron chi connectivity index (χ4n) is 13.6. The molecule has 0 saturated carbocycles. The number of para-hydroxylation sites is 2. The number of likely N-dealkylation sites (N-methyl/N-ethyl adjacent to an activating group) is 3. The van der Waals surface area contributed by atoms with Gasteiger partial charge in [-0.25, -0.2) is 41.6 Å². The van der Waals surface area contributed by atoms with Crippen molar-refractivity contribution < 1.29 is 44.0 Å². The Labute approximate surface area is 547 Å². The molecule has 0 radical (unpaired) electrons. The van der Waals surface area contributed by atoms with Crippen molar-refractivity contribution in [2.75, 3.05) is 96.3 Å². The van der Waals surface area contributed by atoms with Gasteiger partial charge in [-0.3, -0.25) is 14.4 Å². The minimum atomic E-state index is -3.92. The third-order valence-electron chi connectivity index (χ3n) is 19.2. The molecule has 6 aromatic carbocycles. The molecule has 18 nitrogen and oxygen atoms in total. The number of benzene rings is 6. The van der Waals surface area contributed by atoms with E-state index < -0.39 is 35.9 Å². The first-order chi connectivity index (χ1) is 45.0. The van der Waals surface area contributed by atoms with Gasteiger partial charge in [0.05, 0.1) is 31.2 Å². The number of anilines is 3. The van der Waals surface area contributed by atoms with Crippen LogP contribution in [0.4, 0.5) is 21.5 Å². The summed E-state index contributed by atoms with van der Waals surface area (Å²) >= 11 is 0. The lowest BCUT2D eigenvalue weighted by atomic mass is 9.99. The Kier molecular flexibility index (Phi) is 17.1. The van der Waals surface area contributed by atoms with Crippen molar-refractivity contribution in [1.82, 2.24) is 26.6 Å². The van der Waals surface area contributed by atoms with E-state index in [9.17, 15) is 44.0 Å². The molecule has 0 unspecified atom stereocenters. The van der Waals surface area contributed by atoms with E-state index in [-0.39, 0.29) is 32.4 Å². The molecular weight excluding hydrogens is 1250 g/mol. The minimum absolute atomic E-state index is 0.0163. The van der Waals surface area contributed by atoms with Crippen LogP contribution in [-0.4, -0.2) is 151 Å². The van der Waals surface area contributed by atoms with E-state index in [2.05, 4.69) is 47.0 Å². The van der Waals surface area contributed by atoms with Gasteiger partial charge in [-0.15, -0.1) is 0 Å². The number of aryl methyl sites for hydroxylation is 3. The third kappa shape index (κ3) is 11.8. The van der Waals surface area contributed by atoms with Crippen molar-refractivity contribution >= 4 is 114 Å². The summed E-state index contributed by atoms with van der Waals surface area (Å²) in [5.41, 5.74) is 12.8. The van der Waals surface area contributed by atoms with E-state index >= 15 is 0 Å². The highest BCUT2D eigenvalue weighted by Gasteiger charge is 2.32. The summed E-state index contributed by atoms with van der Waals surface area (Å²) in [7, 11) is -0.122. The van der Waals surface area contributed by atoms with Gasteiger partial charge in [0.1, 0.15) is 5.82 Å². The van der Waals surface area contributed by atoms with Gasteiger partial charge in [0.25, 0.3) is 30.1 Å². The SMILES string of the molecule is CN1CC=C(c2cn(S(=O)(=O)c3ccc4c(c3)CCC(=O)N4C)c3ccc(F)cc23)CC1.CN1CC=C(c2cn(S(=O)(=O)c3ccc4c(c3)CCC(=O)N4C)c3ccccc23)CC1.CN1CC=C(c2cn(S(=O)(=O)c3ccc4c(c3)CCC(=O)N4C)c3ccccc23)CC1. The van der Waals surface area contributed by atoms with Gasteiger partial charge in [-0.2, -0.15) is 0 Å². The number of halogens is 1. The molecule has 0 atom stereocenters. The molecule has 6 aliphatic heterocycles. The van der Waals surface area contributed by atoms with Gasteiger partial charge in [0.15, 0.2) is 0 Å². The van der Waals surface area contributed by atoms with Gasteiger partial charge in [-0.05, 0) is 178 Å². The number of hydrogen-bond acceptors (Lipinski definition) is 12. The average molecular weight is 1320 g/mol. The predicted molar refractivity (Wildman–Crippen MR) is 368 cm³/mol. The van der Waals surface area contributed by atoms with Crippen molar-refractivity contribution in [2.45, 2.75) is 72.5 Å². The van der Waals surface area contributed by atoms with Crippen LogP contribution in [0.15, 0.2) is 173 Å². The number of hydrogen-bond donors (Lipinski definition) is 0. The Bertz CT molecular complexity index is 4860. The third-order valence-corrected chi connectivity index (χ3v) is 24.2. The molecule has 15 rings (SSSR count). The molecule has 0 N–H and O–H groups in total. The standard InChI is InChI=1S/C24H24FN3O3S.2C24H25N3O3S/c1-26-11-9-16(10-12-26)21-15-28(23-6-4-18(25)14-20(21)23)32(30,31)19-5-7-22-17(13-19)3-8-24(29)27(22)2;2*1-25-13-11-17(12-14-25)21-16-27(23-6-4-3-5-20(21)23)31(29,30)19-8-9-22-18(15-19)7-10-24(28)26(22)2/h4-7,9,13-15H,3,8,10-12H2,1-2H3;2*3-6,8-9,11,15-16H,7,10,12-14H2,1-2H3. The number of nitrogens with zero attached hydrogens (tertiary/aromatic N) is 9. The van der Waals surface area contributed by atoms with Crippen molar-refractivity contribution in [3.05, 3.63) is 197 Å². The molecule has 9 heterocycles. The van der Waals surface area contributed by atoms with Crippen LogP contribution in [0.5, 0.6) is 0 Å². The van der Waals surface area contributed by atoms with Crippen LogP contribution in [-0.2, 0) is 63.7 Å². The second kappa shape index (κ2) is 25.2. The topological polar surface area (TPSA) is 188 Å². The molecule has 0 aliphatic carbocycles. The zero-order chi connectivity index (χ0) is 66.1. The van der Waals surface area contributed by atoms with Gasteiger partial charge in [-0.1, -0.05) is 54.6 Å². The Morgan fingerprint density at radius 3 is 1.00 bits per heavy atom. The number of carbonyl (C=O) groups is 3. The predicted octanol–water partition coefficient (Wildman–Crippen LogP) is 10.7. The van der Waals surface area contributed by atoms with Crippen molar-refractivity contribution in [3.63, 3.8) is 0 Å². The summed E-state index contributed by atoms with van der Waals surface area (Å²) < 4.78 is 100. The molecule has 22 heteroatoms. The Hall–Kier alpha value is -8.77. The van der Waals surface area contributed by atoms with Gasteiger partial charge < -0.3 is 29.4 Å². The summed E-state index contributed by atoms with van der Waals surface area (Å²) in [5, 5.41) is 2.49. The number of amides is 3. The first-order valence-electron chi connectivity index (χ1n) is 31.6. The zero-order valence-corrected chi connectivity index (χ0v) is 55.9. The van der Waals surface area contributed by atoms with Crippen LogP contribution < -0.4 is 14.7 Å². The van der Waals surface area contributed by atoms with Crippen LogP contribution in [0, 0.1) is 5.82 Å². The van der Waals surface area contributed by atoms with Crippen LogP contribution in [0.2, 0.25) is 0 Å². The highest BCUT2D eigenvalue weighted by Crippen LogP contribution is 2.40. The quantitative estimate of drug-likeness (QED) is 0.133. The van der Waals surface area contributed by atoms with E-state index in [1.54, 1.807) is 103 Å². The molecule has 94 heavy (non-hydrogen) atoms. The Morgan fingerprint density at radius 1 is 0.351 bits per heavy atom. The summed E-state index contributed by atoms with van der Waals surface area (Å²) in [6, 6.07) is 34.5. The monoisotopic (exact) mass is 1320 g/mol. The molecule has 9 aromatic rings. The van der Waals surface area contributed by atoms with Crippen LogP contribution >= 0.6 is 0 Å². The Balaban J connectivity index is 0.000000128. The summed E-state index contributed by atoms with van der Waals surface area (Å²) in [4.78, 5) is 48.0.